The lowest BCUT2D eigenvalue weighted by atomic mass is 10.1. The van der Waals surface area contributed by atoms with Gasteiger partial charge in [-0.15, -0.1) is 0 Å². The lowest BCUT2D eigenvalue weighted by Gasteiger charge is -2.24. The predicted octanol–water partition coefficient (Wildman–Crippen LogP) is 3.63. The second-order valence-electron chi connectivity index (χ2n) is 3.81. The first-order valence-corrected chi connectivity index (χ1v) is 7.29. The van der Waals surface area contributed by atoms with Gasteiger partial charge in [-0.3, -0.25) is 0 Å². The Kier molecular flexibility index (Phi) is 4.14. The van der Waals surface area contributed by atoms with Gasteiger partial charge in [-0.25, -0.2) is 0 Å². The average molecular weight is 297 g/mol. The molecule has 0 amide bonds. The number of anilines is 1. The highest BCUT2D eigenvalue weighted by molar-refractivity contribution is 9.10. The third-order valence-corrected chi connectivity index (χ3v) is 4.42. The van der Waals surface area contributed by atoms with Crippen LogP contribution in [0.1, 0.15) is 18.4 Å². The standard InChI is InChI=1S/C12H13BrN2S/c13-11-2-1-3-12(10(11)8-14)15-9-4-6-16-7-5-9/h1-3,9,15H,4-7H2. The first kappa shape index (κ1) is 11.8. The summed E-state index contributed by atoms with van der Waals surface area (Å²) in [7, 11) is 0. The van der Waals surface area contributed by atoms with Crippen molar-refractivity contribution in [1.82, 2.24) is 0 Å². The fourth-order valence-corrected chi connectivity index (χ4v) is 3.38. The highest BCUT2D eigenvalue weighted by atomic mass is 79.9. The zero-order valence-corrected chi connectivity index (χ0v) is 11.3. The molecule has 1 N–H and O–H groups in total. The summed E-state index contributed by atoms with van der Waals surface area (Å²) in [6.07, 6.45) is 2.37. The molecule has 0 unspecified atom stereocenters. The van der Waals surface area contributed by atoms with Crippen LogP contribution in [0.15, 0.2) is 22.7 Å². The minimum Gasteiger partial charge on any atom is -0.381 e. The van der Waals surface area contributed by atoms with Gasteiger partial charge in [-0.2, -0.15) is 17.0 Å². The number of halogens is 1. The lowest BCUT2D eigenvalue weighted by molar-refractivity contribution is 0.666. The van der Waals surface area contributed by atoms with Gasteiger partial charge in [0.2, 0.25) is 0 Å². The maximum absolute atomic E-state index is 9.10. The van der Waals surface area contributed by atoms with Gasteiger partial charge in [0.25, 0.3) is 0 Å². The topological polar surface area (TPSA) is 35.8 Å². The summed E-state index contributed by atoms with van der Waals surface area (Å²) in [6.45, 7) is 0. The van der Waals surface area contributed by atoms with Crippen molar-refractivity contribution in [2.24, 2.45) is 0 Å². The van der Waals surface area contributed by atoms with Gasteiger partial charge < -0.3 is 5.32 Å². The van der Waals surface area contributed by atoms with E-state index >= 15 is 0 Å². The molecular formula is C12H13BrN2S. The Hall–Kier alpha value is -0.660. The molecule has 1 aliphatic rings. The van der Waals surface area contributed by atoms with Crippen LogP contribution in [-0.4, -0.2) is 17.5 Å². The number of nitrogens with zero attached hydrogens (tertiary/aromatic N) is 1. The Morgan fingerprint density at radius 2 is 2.12 bits per heavy atom. The molecule has 2 rings (SSSR count). The third kappa shape index (κ3) is 2.72. The molecule has 1 aromatic carbocycles. The van der Waals surface area contributed by atoms with Crippen molar-refractivity contribution in [3.8, 4) is 6.07 Å². The van der Waals surface area contributed by atoms with Crippen molar-refractivity contribution >= 4 is 33.4 Å². The fraction of sp³-hybridized carbons (Fsp3) is 0.417. The highest BCUT2D eigenvalue weighted by Crippen LogP contribution is 2.27. The summed E-state index contributed by atoms with van der Waals surface area (Å²) in [5, 5.41) is 12.6. The fourth-order valence-electron chi connectivity index (χ4n) is 1.82. The molecular weight excluding hydrogens is 284 g/mol. The summed E-state index contributed by atoms with van der Waals surface area (Å²) in [6, 6.07) is 8.60. The molecule has 0 atom stereocenters. The van der Waals surface area contributed by atoms with Crippen molar-refractivity contribution in [2.75, 3.05) is 16.8 Å². The molecule has 1 aliphatic heterocycles. The zero-order valence-electron chi connectivity index (χ0n) is 8.87. The van der Waals surface area contributed by atoms with Gasteiger partial charge in [0.1, 0.15) is 6.07 Å². The molecule has 0 saturated carbocycles. The van der Waals surface area contributed by atoms with Crippen LogP contribution in [0.25, 0.3) is 0 Å². The SMILES string of the molecule is N#Cc1c(Br)cccc1NC1CCSCC1. The van der Waals surface area contributed by atoms with Crippen LogP contribution in [-0.2, 0) is 0 Å². The van der Waals surface area contributed by atoms with E-state index in [9.17, 15) is 0 Å². The molecule has 16 heavy (non-hydrogen) atoms. The maximum Gasteiger partial charge on any atom is 0.103 e. The number of benzene rings is 1. The third-order valence-electron chi connectivity index (χ3n) is 2.71. The average Bonchev–Trinajstić information content (AvgIpc) is 2.31. The van der Waals surface area contributed by atoms with Crippen LogP contribution < -0.4 is 5.32 Å². The monoisotopic (exact) mass is 296 g/mol. The van der Waals surface area contributed by atoms with Crippen LogP contribution >= 0.6 is 27.7 Å². The second kappa shape index (κ2) is 5.60. The minimum absolute atomic E-state index is 0.516. The smallest absolute Gasteiger partial charge is 0.103 e. The van der Waals surface area contributed by atoms with Gasteiger partial charge in [-0.1, -0.05) is 6.07 Å². The Morgan fingerprint density at radius 1 is 1.38 bits per heavy atom. The Balaban J connectivity index is 2.14. The number of nitriles is 1. The highest BCUT2D eigenvalue weighted by Gasteiger charge is 2.15. The van der Waals surface area contributed by atoms with Crippen LogP contribution in [0.2, 0.25) is 0 Å². The van der Waals surface area contributed by atoms with E-state index in [1.54, 1.807) is 0 Å². The molecule has 1 heterocycles. The minimum atomic E-state index is 0.516. The lowest BCUT2D eigenvalue weighted by Crippen LogP contribution is -2.24. The number of rotatable bonds is 2. The largest absolute Gasteiger partial charge is 0.381 e. The molecule has 0 aromatic heterocycles. The Bertz CT molecular complexity index is 408. The van der Waals surface area contributed by atoms with Crippen molar-refractivity contribution in [2.45, 2.75) is 18.9 Å². The van der Waals surface area contributed by atoms with Crippen molar-refractivity contribution in [3.05, 3.63) is 28.2 Å². The van der Waals surface area contributed by atoms with Crippen LogP contribution in [0, 0.1) is 11.3 Å². The normalized spacial score (nSPS) is 16.8. The van der Waals surface area contributed by atoms with Crippen LogP contribution in [0.3, 0.4) is 0 Å². The predicted molar refractivity (Wildman–Crippen MR) is 72.8 cm³/mol. The number of thioether (sulfide) groups is 1. The Morgan fingerprint density at radius 3 is 2.81 bits per heavy atom. The van der Waals surface area contributed by atoms with E-state index in [1.807, 2.05) is 30.0 Å². The van der Waals surface area contributed by atoms with E-state index in [0.29, 0.717) is 11.6 Å². The molecule has 1 fully saturated rings. The van der Waals surface area contributed by atoms with E-state index in [0.717, 1.165) is 10.2 Å². The molecule has 1 aromatic rings. The van der Waals surface area contributed by atoms with Gasteiger partial charge in [0, 0.05) is 10.5 Å². The first-order chi connectivity index (χ1) is 7.81. The Labute approximate surface area is 109 Å². The molecule has 0 spiro atoms. The molecule has 84 valence electrons. The zero-order chi connectivity index (χ0) is 11.4. The summed E-state index contributed by atoms with van der Waals surface area (Å²) in [5.74, 6) is 2.43. The molecule has 0 radical (unpaired) electrons. The molecule has 4 heteroatoms. The van der Waals surface area contributed by atoms with Crippen molar-refractivity contribution in [3.63, 3.8) is 0 Å². The van der Waals surface area contributed by atoms with Crippen LogP contribution in [0.4, 0.5) is 5.69 Å². The van der Waals surface area contributed by atoms with E-state index in [2.05, 4.69) is 27.3 Å². The second-order valence-corrected chi connectivity index (χ2v) is 5.88. The van der Waals surface area contributed by atoms with Gasteiger partial charge in [0.05, 0.1) is 11.3 Å². The number of nitrogens with one attached hydrogen (secondary N) is 1. The summed E-state index contributed by atoms with van der Waals surface area (Å²) >= 11 is 5.41. The van der Waals surface area contributed by atoms with E-state index in [1.165, 1.54) is 24.3 Å². The van der Waals surface area contributed by atoms with Gasteiger partial charge >= 0.3 is 0 Å². The summed E-state index contributed by atoms with van der Waals surface area (Å²) in [5.41, 5.74) is 1.66. The molecule has 2 nitrogen and oxygen atoms in total. The van der Waals surface area contributed by atoms with E-state index in [4.69, 9.17) is 5.26 Å². The quantitative estimate of drug-likeness (QED) is 0.905. The summed E-state index contributed by atoms with van der Waals surface area (Å²) in [4.78, 5) is 0. The van der Waals surface area contributed by atoms with Crippen molar-refractivity contribution in [1.29, 1.82) is 5.26 Å². The molecule has 0 bridgehead atoms. The van der Waals surface area contributed by atoms with Crippen LogP contribution in [0.5, 0.6) is 0 Å². The molecule has 1 saturated heterocycles. The maximum atomic E-state index is 9.10. The van der Waals surface area contributed by atoms with E-state index < -0.39 is 0 Å². The number of hydrogen-bond acceptors (Lipinski definition) is 3. The van der Waals surface area contributed by atoms with E-state index in [-0.39, 0.29) is 0 Å². The summed E-state index contributed by atoms with van der Waals surface area (Å²) < 4.78 is 0.866. The molecule has 0 aliphatic carbocycles. The van der Waals surface area contributed by atoms with Crippen molar-refractivity contribution < 1.29 is 0 Å². The van der Waals surface area contributed by atoms with Gasteiger partial charge in [0.15, 0.2) is 0 Å². The first-order valence-electron chi connectivity index (χ1n) is 5.34. The number of hydrogen-bond donors (Lipinski definition) is 1. The van der Waals surface area contributed by atoms with Gasteiger partial charge in [-0.05, 0) is 52.4 Å².